The molecule has 1 saturated heterocycles. The molecule has 0 bridgehead atoms. The Kier molecular flexibility index (Phi) is 5.13. The summed E-state index contributed by atoms with van der Waals surface area (Å²) in [6.45, 7) is 0.110. The summed E-state index contributed by atoms with van der Waals surface area (Å²) in [5.41, 5.74) is -1.09. The van der Waals surface area contributed by atoms with E-state index in [0.29, 0.717) is 5.75 Å². The van der Waals surface area contributed by atoms with Gasteiger partial charge in [0.25, 0.3) is 5.56 Å². The normalized spacial score (nSPS) is 25.6. The Morgan fingerprint density at radius 3 is 2.84 bits per heavy atom. The third-order valence-electron chi connectivity index (χ3n) is 2.30. The Bertz CT molecular complexity index is 595. The highest BCUT2D eigenvalue weighted by Crippen LogP contribution is 2.48. The van der Waals surface area contributed by atoms with E-state index in [2.05, 4.69) is 4.98 Å². The van der Waals surface area contributed by atoms with Crippen LogP contribution in [0.2, 0.25) is 0 Å². The van der Waals surface area contributed by atoms with Gasteiger partial charge < -0.3 is 25.2 Å². The maximum Gasteiger partial charge on any atom is 0.328 e. The molecule has 0 aliphatic carbocycles. The molecule has 6 N–H and O–H groups in total. The smallest absolute Gasteiger partial charge is 0.328 e. The van der Waals surface area contributed by atoms with E-state index in [-0.39, 0.29) is 12.7 Å². The van der Waals surface area contributed by atoms with Crippen molar-refractivity contribution >= 4 is 19.4 Å². The molecular weight excluding hydrogens is 297 g/mol. The van der Waals surface area contributed by atoms with Gasteiger partial charge >= 0.3 is 5.69 Å². The minimum absolute atomic E-state index is 0. The van der Waals surface area contributed by atoms with Crippen LogP contribution in [0.4, 0.5) is 0 Å². The summed E-state index contributed by atoms with van der Waals surface area (Å²) in [7, 11) is -4.53. The highest BCUT2D eigenvalue weighted by atomic mass is 32.2. The van der Waals surface area contributed by atoms with Crippen molar-refractivity contribution in [1.29, 1.82) is 0 Å². The summed E-state index contributed by atoms with van der Waals surface area (Å²) in [5.74, 6) is 0.336. The van der Waals surface area contributed by atoms with E-state index < -0.39 is 30.1 Å². The average molecular weight is 311 g/mol. The van der Waals surface area contributed by atoms with Crippen molar-refractivity contribution in [1.82, 2.24) is 15.7 Å². The first-order chi connectivity index (χ1) is 8.36. The number of ether oxygens (including phenoxy) is 1. The topological polar surface area (TPSA) is 161 Å². The Morgan fingerprint density at radius 1 is 1.63 bits per heavy atom. The molecule has 0 amide bonds. The van der Waals surface area contributed by atoms with Crippen molar-refractivity contribution in [3.8, 4) is 0 Å². The van der Waals surface area contributed by atoms with Gasteiger partial charge in [-0.3, -0.25) is 14.3 Å². The zero-order valence-corrected chi connectivity index (χ0v) is 11.7. The molecule has 1 aromatic heterocycles. The van der Waals surface area contributed by atoms with Crippen molar-refractivity contribution in [3.05, 3.63) is 33.1 Å². The molecule has 11 heteroatoms. The molecule has 9 nitrogen and oxygen atoms in total. The van der Waals surface area contributed by atoms with Crippen molar-refractivity contribution in [2.24, 2.45) is 0 Å². The van der Waals surface area contributed by atoms with Gasteiger partial charge in [-0.05, 0) is 0 Å². The number of hydrogen-bond donors (Lipinski definition) is 3. The predicted molar refractivity (Wildman–Crippen MR) is 68.3 cm³/mol. The minimum atomic E-state index is -4.53. The van der Waals surface area contributed by atoms with E-state index in [4.69, 9.17) is 9.63 Å². The number of hydrogen-bond acceptors (Lipinski definition) is 6. The lowest BCUT2D eigenvalue weighted by Crippen LogP contribution is -2.33. The fraction of sp³-hybridized carbons (Fsp3) is 0.500. The molecule has 0 radical (unpaired) electrons. The molecule has 2 rings (SSSR count). The van der Waals surface area contributed by atoms with Gasteiger partial charge in [0.1, 0.15) is 0 Å². The highest BCUT2D eigenvalue weighted by molar-refractivity contribution is 8.05. The Balaban J connectivity index is 0.00000180. The SMILES string of the molecule is O=c1ccn(CC2CSC(P(=O)([O-])O)O2)c(=O)[nH]1.[NH4+]. The van der Waals surface area contributed by atoms with E-state index >= 15 is 0 Å². The second kappa shape index (κ2) is 6.04. The molecule has 1 aliphatic heterocycles. The molecule has 3 atom stereocenters. The van der Waals surface area contributed by atoms with Gasteiger partial charge in [0.15, 0.2) is 12.8 Å². The number of nitrogens with one attached hydrogen (secondary N) is 1. The van der Waals surface area contributed by atoms with Crippen LogP contribution in [0, 0.1) is 0 Å². The standard InChI is InChI=1S/C8H11N2O6PS.H3N/c11-6-1-2-10(7(12)9-6)3-5-4-18-8(16-5)17(13,14)15;/h1-2,5,8H,3-4H2,(H,9,11,12)(H2,13,14,15);1H3. The second-order valence-corrected chi connectivity index (χ2v) is 6.77. The lowest BCUT2D eigenvalue weighted by molar-refractivity contribution is -0.201. The number of aromatic amines is 1. The van der Waals surface area contributed by atoms with E-state index in [9.17, 15) is 19.0 Å². The molecule has 1 aliphatic rings. The molecule has 1 aromatic rings. The largest absolute Gasteiger partial charge is 0.776 e. The van der Waals surface area contributed by atoms with Gasteiger partial charge in [-0.2, -0.15) is 0 Å². The summed E-state index contributed by atoms with van der Waals surface area (Å²) in [5, 5.41) is -1.29. The van der Waals surface area contributed by atoms with Gasteiger partial charge in [0.2, 0.25) is 0 Å². The summed E-state index contributed by atoms with van der Waals surface area (Å²) in [6, 6.07) is 1.19. The first kappa shape index (κ1) is 16.2. The summed E-state index contributed by atoms with van der Waals surface area (Å²) < 4.78 is 17.2. The first-order valence-corrected chi connectivity index (χ1v) is 7.66. The Hall–Kier alpha value is -0.900. The van der Waals surface area contributed by atoms with Crippen LogP contribution in [-0.4, -0.2) is 31.5 Å². The van der Waals surface area contributed by atoms with Crippen molar-refractivity contribution < 1.29 is 19.1 Å². The van der Waals surface area contributed by atoms with E-state index in [1.54, 1.807) is 0 Å². The molecule has 0 aromatic carbocycles. The molecule has 2 heterocycles. The van der Waals surface area contributed by atoms with Gasteiger partial charge in [-0.15, -0.1) is 11.8 Å². The maximum atomic E-state index is 11.4. The van der Waals surface area contributed by atoms with E-state index in [1.165, 1.54) is 16.8 Å². The van der Waals surface area contributed by atoms with Crippen LogP contribution in [0.5, 0.6) is 0 Å². The number of thioether (sulfide) groups is 1. The average Bonchev–Trinajstić information content (AvgIpc) is 2.70. The number of quaternary nitrogens is 1. The van der Waals surface area contributed by atoms with E-state index in [1.807, 2.05) is 0 Å². The Labute approximate surface area is 111 Å². The summed E-state index contributed by atoms with van der Waals surface area (Å²) >= 11 is 0.951. The van der Waals surface area contributed by atoms with Crippen LogP contribution in [0.25, 0.3) is 0 Å². The van der Waals surface area contributed by atoms with E-state index in [0.717, 1.165) is 11.8 Å². The number of rotatable bonds is 3. The number of nitrogens with zero attached hydrogens (tertiary/aromatic N) is 1. The fourth-order valence-corrected chi connectivity index (χ4v) is 3.64. The van der Waals surface area contributed by atoms with Crippen molar-refractivity contribution in [2.75, 3.05) is 5.75 Å². The van der Waals surface area contributed by atoms with Crippen LogP contribution < -0.4 is 22.3 Å². The molecule has 1 fully saturated rings. The highest BCUT2D eigenvalue weighted by Gasteiger charge is 2.32. The molecular formula is C8H14N3O6PS. The third kappa shape index (κ3) is 4.03. The lowest BCUT2D eigenvalue weighted by atomic mass is 10.4. The van der Waals surface area contributed by atoms with Crippen LogP contribution in [0.15, 0.2) is 21.9 Å². The molecule has 0 saturated carbocycles. The number of aromatic nitrogens is 2. The second-order valence-electron chi connectivity index (χ2n) is 3.73. The quantitative estimate of drug-likeness (QED) is 0.595. The fourth-order valence-electron chi connectivity index (χ4n) is 1.51. The van der Waals surface area contributed by atoms with Gasteiger partial charge in [0, 0.05) is 18.0 Å². The van der Waals surface area contributed by atoms with Crippen LogP contribution >= 0.6 is 19.4 Å². The summed E-state index contributed by atoms with van der Waals surface area (Å²) in [6.07, 6.45) is 0.788. The van der Waals surface area contributed by atoms with Crippen LogP contribution in [0.3, 0.4) is 0 Å². The third-order valence-corrected chi connectivity index (χ3v) is 5.16. The first-order valence-electron chi connectivity index (χ1n) is 4.96. The van der Waals surface area contributed by atoms with Crippen LogP contribution in [0.1, 0.15) is 0 Å². The van der Waals surface area contributed by atoms with Gasteiger partial charge in [0.05, 0.1) is 12.6 Å². The van der Waals surface area contributed by atoms with Crippen molar-refractivity contribution in [3.63, 3.8) is 0 Å². The number of H-pyrrole nitrogens is 1. The predicted octanol–water partition coefficient (Wildman–Crippen LogP) is -1.13. The lowest BCUT2D eigenvalue weighted by Gasteiger charge is -2.22. The molecule has 19 heavy (non-hydrogen) atoms. The molecule has 3 unspecified atom stereocenters. The minimum Gasteiger partial charge on any atom is -0.776 e. The molecule has 0 spiro atoms. The van der Waals surface area contributed by atoms with Crippen LogP contribution in [-0.2, 0) is 15.8 Å². The zero-order chi connectivity index (χ0) is 13.3. The van der Waals surface area contributed by atoms with Gasteiger partial charge in [-0.25, -0.2) is 4.79 Å². The maximum absolute atomic E-state index is 11.4. The van der Waals surface area contributed by atoms with Crippen molar-refractivity contribution in [2.45, 2.75) is 17.8 Å². The van der Waals surface area contributed by atoms with Gasteiger partial charge in [-0.1, -0.05) is 0 Å². The summed E-state index contributed by atoms with van der Waals surface area (Å²) in [4.78, 5) is 44.0. The Morgan fingerprint density at radius 2 is 2.32 bits per heavy atom. The monoisotopic (exact) mass is 311 g/mol. The molecule has 108 valence electrons. The zero-order valence-electron chi connectivity index (χ0n) is 10.0.